The highest BCUT2D eigenvalue weighted by molar-refractivity contribution is 7.23. The lowest BCUT2D eigenvalue weighted by Gasteiger charge is -2.03. The maximum atomic E-state index is 4.39. The van der Waals surface area contributed by atoms with Crippen LogP contribution in [-0.4, -0.2) is 44.9 Å². The molecule has 148 valence electrons. The van der Waals surface area contributed by atoms with Crippen LogP contribution >= 0.6 is 0 Å². The van der Waals surface area contributed by atoms with E-state index in [1.807, 2.05) is 0 Å². The molecule has 0 heterocycles. The highest BCUT2D eigenvalue weighted by Gasteiger charge is 1.94. The normalized spacial score (nSPS) is 11.8. The summed E-state index contributed by atoms with van der Waals surface area (Å²) in [6.07, 6.45) is 24.0. The van der Waals surface area contributed by atoms with Gasteiger partial charge in [-0.05, 0) is 18.3 Å². The Bertz CT molecular complexity index is 176. The molecule has 0 aromatic carbocycles. The summed E-state index contributed by atoms with van der Waals surface area (Å²) in [5.74, 6) is 0. The van der Waals surface area contributed by atoms with Gasteiger partial charge in [-0.2, -0.15) is 0 Å². The fraction of sp³-hybridized carbons (Fsp3) is 1.00. The fourth-order valence-electron chi connectivity index (χ4n) is 3.15. The van der Waals surface area contributed by atoms with E-state index in [4.69, 9.17) is 0 Å². The molecule has 0 saturated heterocycles. The Labute approximate surface area is 165 Å². The zero-order chi connectivity index (χ0) is 18.1. The Kier molecular flexibility index (Phi) is 32.3. The van der Waals surface area contributed by atoms with Crippen LogP contribution in [0, 0.1) is 0 Å². The van der Waals surface area contributed by atoms with Crippen molar-refractivity contribution in [1.29, 1.82) is 0 Å². The highest BCUT2D eigenvalue weighted by Crippen LogP contribution is 2.13. The second kappa shape index (κ2) is 28.6. The minimum atomic E-state index is 0.558. The Balaban J connectivity index is 0. The third-order valence-corrected chi connectivity index (χ3v) is 16.4. The van der Waals surface area contributed by atoms with Gasteiger partial charge in [0.05, 0.1) is 0 Å². The third kappa shape index (κ3) is 30.7. The van der Waals surface area contributed by atoms with Crippen LogP contribution in [0.15, 0.2) is 0 Å². The molecule has 0 atom stereocenters. The molecule has 0 bridgehead atoms. The van der Waals surface area contributed by atoms with E-state index in [1.165, 1.54) is 89.9 Å². The summed E-state index contributed by atoms with van der Waals surface area (Å²) in [5.41, 5.74) is 0. The summed E-state index contributed by atoms with van der Waals surface area (Å²) < 4.78 is 4.39. The molecule has 24 heavy (non-hydrogen) atoms. The lowest BCUT2D eigenvalue weighted by atomic mass is 10.0. The van der Waals surface area contributed by atoms with E-state index in [2.05, 4.69) is 11.3 Å². The monoisotopic (exact) mass is 406 g/mol. The molecule has 0 aromatic heterocycles. The molecule has 0 amide bonds. The average Bonchev–Trinajstić information content (AvgIpc) is 2.58. The third-order valence-electron chi connectivity index (χ3n) is 4.71. The van der Waals surface area contributed by atoms with Crippen molar-refractivity contribution in [2.24, 2.45) is 0 Å². The van der Waals surface area contributed by atoms with Gasteiger partial charge in [-0.3, -0.25) is 0 Å². The minimum absolute atomic E-state index is 0.558. The Morgan fingerprint density at radius 1 is 0.625 bits per heavy atom. The van der Waals surface area contributed by atoms with E-state index in [1.54, 1.807) is 35.8 Å². The summed E-state index contributed by atoms with van der Waals surface area (Å²) in [6, 6.07) is 1.70. The van der Waals surface area contributed by atoms with Crippen LogP contribution in [0.2, 0.25) is 6.04 Å². The molecule has 0 aromatic rings. The van der Waals surface area contributed by atoms with E-state index in [0.29, 0.717) is 17.6 Å². The maximum absolute atomic E-state index is 4.39. The van der Waals surface area contributed by atoms with Crippen LogP contribution < -0.4 is 0 Å². The highest BCUT2D eigenvalue weighted by atomic mass is 29.5. The molecule has 5 heteroatoms. The van der Waals surface area contributed by atoms with Crippen molar-refractivity contribution < 1.29 is 4.43 Å². The molecule has 0 aliphatic carbocycles. The zero-order valence-electron chi connectivity index (χ0n) is 17.8. The zero-order valence-corrected chi connectivity index (χ0v) is 24.7. The van der Waals surface area contributed by atoms with Crippen molar-refractivity contribution in [1.82, 2.24) is 0 Å². The predicted octanol–water partition coefficient (Wildman–Crippen LogP) is 3.11. The van der Waals surface area contributed by atoms with E-state index in [-0.39, 0.29) is 0 Å². The first kappa shape index (κ1) is 27.1. The van der Waals surface area contributed by atoms with Crippen molar-refractivity contribution in [3.8, 4) is 0 Å². The van der Waals surface area contributed by atoms with Crippen LogP contribution in [0.25, 0.3) is 0 Å². The van der Waals surface area contributed by atoms with Gasteiger partial charge in [-0.15, -0.1) is 0 Å². The summed E-state index contributed by atoms with van der Waals surface area (Å²) >= 11 is 0. The minimum Gasteiger partial charge on any atom is -0.431 e. The summed E-state index contributed by atoms with van der Waals surface area (Å²) in [7, 11) is 5.35. The van der Waals surface area contributed by atoms with E-state index in [9.17, 15) is 0 Å². The first-order chi connectivity index (χ1) is 11.8. The Morgan fingerprint density at radius 2 is 0.917 bits per heavy atom. The van der Waals surface area contributed by atoms with Crippen molar-refractivity contribution in [3.05, 3.63) is 0 Å². The predicted molar refractivity (Wildman–Crippen MR) is 128 cm³/mol. The molecule has 0 rings (SSSR count). The first-order valence-corrected chi connectivity index (χ1v) is 22.7. The number of hydrogen-bond acceptors (Lipinski definition) is 1. The molecule has 0 unspecified atom stereocenters. The smallest absolute Gasteiger partial charge is 0.145 e. The number of unbranched alkanes of at least 4 members (excludes halogenated alkanes) is 15. The standard InChI is InChI=1S/C18H44Si3.CH6OSi/c1-2-3-4-5-6-7-8-9-10-11-12-13-14-15-16-17-18-20-21-19;1-2-3/h2-18,20-21H2,1,19H3;1,3H3. The van der Waals surface area contributed by atoms with Crippen LogP contribution in [0.5, 0.6) is 0 Å². The van der Waals surface area contributed by atoms with Crippen molar-refractivity contribution in [3.63, 3.8) is 0 Å². The van der Waals surface area contributed by atoms with E-state index < -0.39 is 0 Å². The molecule has 0 radical (unpaired) electrons. The van der Waals surface area contributed by atoms with E-state index >= 15 is 0 Å². The Morgan fingerprint density at radius 3 is 1.21 bits per heavy atom. The quantitative estimate of drug-likeness (QED) is 0.251. The Hall–Kier alpha value is 0.828. The lowest BCUT2D eigenvalue weighted by molar-refractivity contribution is 0.460. The second-order valence-corrected chi connectivity index (χ2v) is 24.8. The number of rotatable bonds is 18. The van der Waals surface area contributed by atoms with Gasteiger partial charge in [0.25, 0.3) is 0 Å². The number of hydrogen-bond donors (Lipinski definition) is 0. The molecule has 0 aliphatic rings. The largest absolute Gasteiger partial charge is 0.431 e. The van der Waals surface area contributed by atoms with Gasteiger partial charge < -0.3 is 4.43 Å². The van der Waals surface area contributed by atoms with Crippen LogP contribution in [0.4, 0.5) is 0 Å². The van der Waals surface area contributed by atoms with Crippen LogP contribution in [-0.2, 0) is 4.43 Å². The molecule has 0 aliphatic heterocycles. The van der Waals surface area contributed by atoms with Crippen molar-refractivity contribution in [2.75, 3.05) is 7.11 Å². The molecule has 0 N–H and O–H groups in total. The van der Waals surface area contributed by atoms with Gasteiger partial charge in [0.1, 0.15) is 10.5 Å². The second-order valence-electron chi connectivity index (χ2n) is 7.42. The maximum Gasteiger partial charge on any atom is 0.145 e. The van der Waals surface area contributed by atoms with E-state index in [0.717, 1.165) is 10.5 Å². The molecule has 0 fully saturated rings. The van der Waals surface area contributed by atoms with Gasteiger partial charge in [-0.25, -0.2) is 0 Å². The molecule has 0 saturated carbocycles. The molecular weight excluding hydrogens is 357 g/mol. The first-order valence-electron chi connectivity index (χ1n) is 11.2. The van der Waals surface area contributed by atoms with Gasteiger partial charge in [-0.1, -0.05) is 116 Å². The topological polar surface area (TPSA) is 9.23 Å². The van der Waals surface area contributed by atoms with Gasteiger partial charge in [0, 0.05) is 16.1 Å². The van der Waals surface area contributed by atoms with Gasteiger partial charge in [0.2, 0.25) is 0 Å². The van der Waals surface area contributed by atoms with Crippen LogP contribution in [0.3, 0.4) is 0 Å². The SMILES string of the molecule is CCCCCCCCCCCCCCCCCC[SiH2][SiH2][SiH3].CO[SiH3]. The van der Waals surface area contributed by atoms with Gasteiger partial charge >= 0.3 is 0 Å². The summed E-state index contributed by atoms with van der Waals surface area (Å²) in [4.78, 5) is 0. The fourth-order valence-corrected chi connectivity index (χ4v) is 11.4. The van der Waals surface area contributed by atoms with Crippen molar-refractivity contribution >= 4 is 37.8 Å². The summed E-state index contributed by atoms with van der Waals surface area (Å²) in [6.45, 7) is 2.30. The molecular formula is C19H50OSi4. The van der Waals surface area contributed by atoms with Crippen molar-refractivity contribution in [2.45, 2.75) is 116 Å². The van der Waals surface area contributed by atoms with Gasteiger partial charge in [0.15, 0.2) is 0 Å². The van der Waals surface area contributed by atoms with Crippen LogP contribution in [0.1, 0.15) is 110 Å². The molecule has 0 spiro atoms. The average molecular weight is 407 g/mol. The lowest BCUT2D eigenvalue weighted by Crippen LogP contribution is -2.01. The summed E-state index contributed by atoms with van der Waals surface area (Å²) in [5, 5.41) is 0. The molecule has 1 nitrogen and oxygen atoms in total.